The average Bonchev–Trinajstić information content (AvgIpc) is 3.18. The molecule has 0 spiro atoms. The maximum Gasteiger partial charge on any atom is 0.340 e. The van der Waals surface area contributed by atoms with Crippen molar-refractivity contribution in [3.63, 3.8) is 0 Å². The predicted molar refractivity (Wildman–Crippen MR) is 117 cm³/mol. The summed E-state index contributed by atoms with van der Waals surface area (Å²) in [4.78, 5) is 11.9. The minimum Gasteiger partial charge on any atom is -0.465 e. The van der Waals surface area contributed by atoms with Crippen molar-refractivity contribution >= 4 is 46.5 Å². The van der Waals surface area contributed by atoms with Gasteiger partial charge < -0.3 is 19.8 Å². The van der Waals surface area contributed by atoms with Crippen LogP contribution in [0.2, 0.25) is 15.1 Å². The van der Waals surface area contributed by atoms with Gasteiger partial charge >= 0.3 is 5.97 Å². The first-order valence-corrected chi connectivity index (χ1v) is 9.98. The fourth-order valence-electron chi connectivity index (χ4n) is 2.75. The molecule has 0 atom stereocenters. The Balaban J connectivity index is 1.52. The number of carbonyl (C=O) groups is 1. The Morgan fingerprint density at radius 1 is 1.00 bits per heavy atom. The molecule has 0 aliphatic rings. The summed E-state index contributed by atoms with van der Waals surface area (Å²) in [5, 5.41) is 8.13. The molecular weight excluding hydrogens is 435 g/mol. The molecule has 2 aromatic carbocycles. The van der Waals surface area contributed by atoms with E-state index in [1.165, 1.54) is 7.11 Å². The normalized spacial score (nSPS) is 10.8. The van der Waals surface area contributed by atoms with Gasteiger partial charge in [-0.15, -0.1) is 0 Å². The monoisotopic (exact) mass is 452 g/mol. The number of halogens is 3. The maximum atomic E-state index is 11.9. The van der Waals surface area contributed by atoms with Crippen LogP contribution in [0.1, 0.15) is 16.1 Å². The summed E-state index contributed by atoms with van der Waals surface area (Å²) in [6.45, 7) is 1.79. The minimum atomic E-state index is -0.439. The topological polar surface area (TPSA) is 63.5 Å². The van der Waals surface area contributed by atoms with E-state index in [-0.39, 0.29) is 0 Å². The van der Waals surface area contributed by atoms with Gasteiger partial charge in [0.25, 0.3) is 0 Å². The molecule has 0 unspecified atom stereocenters. The second kappa shape index (κ2) is 10.0. The SMILES string of the molecule is COC(=O)c1cc(Cl)ccc1NCCNCc1ccc(-c2cc(Cl)ccc2Cl)o1. The van der Waals surface area contributed by atoms with Gasteiger partial charge in [-0.1, -0.05) is 34.8 Å². The Labute approximate surface area is 183 Å². The Kier molecular flexibility index (Phi) is 7.45. The van der Waals surface area contributed by atoms with Crippen molar-refractivity contribution in [3.8, 4) is 11.3 Å². The van der Waals surface area contributed by atoms with Gasteiger partial charge in [-0.05, 0) is 48.5 Å². The second-order valence-electron chi connectivity index (χ2n) is 6.18. The van der Waals surface area contributed by atoms with Crippen molar-refractivity contribution in [2.45, 2.75) is 6.54 Å². The Morgan fingerprint density at radius 3 is 2.55 bits per heavy atom. The summed E-state index contributed by atoms with van der Waals surface area (Å²) in [6.07, 6.45) is 0. The van der Waals surface area contributed by atoms with Crippen LogP contribution >= 0.6 is 34.8 Å². The van der Waals surface area contributed by atoms with E-state index in [9.17, 15) is 4.79 Å². The zero-order chi connectivity index (χ0) is 20.8. The van der Waals surface area contributed by atoms with Crippen molar-refractivity contribution in [3.05, 3.63) is 74.9 Å². The third-order valence-corrected chi connectivity index (χ3v) is 4.96. The molecule has 0 saturated heterocycles. The molecule has 5 nitrogen and oxygen atoms in total. The van der Waals surface area contributed by atoms with Crippen LogP contribution in [0, 0.1) is 0 Å². The van der Waals surface area contributed by atoms with Crippen molar-refractivity contribution in [1.82, 2.24) is 5.32 Å². The van der Waals surface area contributed by atoms with Crippen LogP contribution in [0.4, 0.5) is 5.69 Å². The lowest BCUT2D eigenvalue weighted by Crippen LogP contribution is -2.22. The lowest BCUT2D eigenvalue weighted by atomic mass is 10.2. The van der Waals surface area contributed by atoms with Gasteiger partial charge in [-0.3, -0.25) is 0 Å². The lowest BCUT2D eigenvalue weighted by molar-refractivity contribution is 0.0602. The molecule has 29 heavy (non-hydrogen) atoms. The number of hydrogen-bond acceptors (Lipinski definition) is 5. The van der Waals surface area contributed by atoms with Crippen LogP contribution < -0.4 is 10.6 Å². The summed E-state index contributed by atoms with van der Waals surface area (Å²) in [7, 11) is 1.34. The fourth-order valence-corrected chi connectivity index (χ4v) is 3.31. The number of esters is 1. The smallest absolute Gasteiger partial charge is 0.340 e. The lowest BCUT2D eigenvalue weighted by Gasteiger charge is -2.11. The molecule has 1 aromatic heterocycles. The van der Waals surface area contributed by atoms with Gasteiger partial charge in [0.1, 0.15) is 11.5 Å². The number of rotatable bonds is 8. The van der Waals surface area contributed by atoms with Crippen LogP contribution in [0.25, 0.3) is 11.3 Å². The largest absolute Gasteiger partial charge is 0.465 e. The van der Waals surface area contributed by atoms with Gasteiger partial charge in [0.05, 0.1) is 24.2 Å². The summed E-state index contributed by atoms with van der Waals surface area (Å²) < 4.78 is 10.6. The third-order valence-electron chi connectivity index (χ3n) is 4.16. The van der Waals surface area contributed by atoms with Crippen molar-refractivity contribution < 1.29 is 13.9 Å². The van der Waals surface area contributed by atoms with E-state index in [2.05, 4.69) is 10.6 Å². The number of furan rings is 1. The first kappa shape index (κ1) is 21.5. The Bertz CT molecular complexity index is 1000. The van der Waals surface area contributed by atoms with Crippen LogP contribution in [-0.4, -0.2) is 26.2 Å². The van der Waals surface area contributed by atoms with E-state index in [0.29, 0.717) is 51.7 Å². The summed E-state index contributed by atoms with van der Waals surface area (Å²) in [5.74, 6) is 1.000. The molecule has 0 aliphatic heterocycles. The fraction of sp³-hybridized carbons (Fsp3) is 0.190. The number of nitrogens with one attached hydrogen (secondary N) is 2. The molecule has 0 aliphatic carbocycles. The summed E-state index contributed by atoms with van der Waals surface area (Å²) in [5.41, 5.74) is 1.82. The maximum absolute atomic E-state index is 11.9. The van der Waals surface area contributed by atoms with Gasteiger partial charge in [-0.2, -0.15) is 0 Å². The number of anilines is 1. The highest BCUT2D eigenvalue weighted by molar-refractivity contribution is 6.35. The number of carbonyl (C=O) groups excluding carboxylic acids is 1. The molecule has 3 rings (SSSR count). The zero-order valence-corrected chi connectivity index (χ0v) is 17.9. The number of benzene rings is 2. The van der Waals surface area contributed by atoms with Crippen LogP contribution in [-0.2, 0) is 11.3 Å². The quantitative estimate of drug-likeness (QED) is 0.329. The van der Waals surface area contributed by atoms with E-state index < -0.39 is 5.97 Å². The van der Waals surface area contributed by atoms with Crippen molar-refractivity contribution in [2.24, 2.45) is 0 Å². The van der Waals surface area contributed by atoms with Gasteiger partial charge in [0.15, 0.2) is 0 Å². The molecule has 0 amide bonds. The van der Waals surface area contributed by atoms with E-state index in [1.54, 1.807) is 36.4 Å². The zero-order valence-electron chi connectivity index (χ0n) is 15.6. The van der Waals surface area contributed by atoms with Gasteiger partial charge in [0.2, 0.25) is 0 Å². The Morgan fingerprint density at radius 2 is 1.76 bits per heavy atom. The van der Waals surface area contributed by atoms with Gasteiger partial charge in [0, 0.05) is 34.4 Å². The molecule has 3 aromatic rings. The molecule has 0 bridgehead atoms. The molecule has 8 heteroatoms. The minimum absolute atomic E-state index is 0.397. The van der Waals surface area contributed by atoms with Crippen LogP contribution in [0.5, 0.6) is 0 Å². The molecule has 1 heterocycles. The number of ether oxygens (including phenoxy) is 1. The Hall–Kier alpha value is -2.18. The molecule has 0 radical (unpaired) electrons. The van der Waals surface area contributed by atoms with Crippen LogP contribution in [0.3, 0.4) is 0 Å². The predicted octanol–water partition coefficient (Wildman–Crippen LogP) is 5.90. The highest BCUT2D eigenvalue weighted by Gasteiger charge is 2.12. The van der Waals surface area contributed by atoms with Crippen molar-refractivity contribution in [1.29, 1.82) is 0 Å². The van der Waals surface area contributed by atoms with Gasteiger partial charge in [-0.25, -0.2) is 4.79 Å². The van der Waals surface area contributed by atoms with E-state index >= 15 is 0 Å². The highest BCUT2D eigenvalue weighted by atomic mass is 35.5. The molecular formula is C21H19Cl3N2O3. The molecule has 2 N–H and O–H groups in total. The summed E-state index contributed by atoms with van der Waals surface area (Å²) in [6, 6.07) is 14.0. The average molecular weight is 454 g/mol. The standard InChI is InChI=1S/C21H19Cl3N2O3/c1-28-21(27)17-11-14(23)3-6-19(17)26-9-8-25-12-15-4-7-20(29-15)16-10-13(22)2-5-18(16)24/h2-7,10-11,25-26H,8-9,12H2,1H3. The molecule has 152 valence electrons. The van der Waals surface area contributed by atoms with E-state index in [4.69, 9.17) is 44.0 Å². The van der Waals surface area contributed by atoms with Crippen LogP contribution in [0.15, 0.2) is 52.9 Å². The van der Waals surface area contributed by atoms with E-state index in [0.717, 1.165) is 11.3 Å². The number of hydrogen-bond donors (Lipinski definition) is 2. The third kappa shape index (κ3) is 5.67. The second-order valence-corrected chi connectivity index (χ2v) is 7.46. The van der Waals surface area contributed by atoms with E-state index in [1.807, 2.05) is 12.1 Å². The molecule has 0 fully saturated rings. The highest BCUT2D eigenvalue weighted by Crippen LogP contribution is 2.31. The molecule has 0 saturated carbocycles. The first-order valence-electron chi connectivity index (χ1n) is 8.84. The summed E-state index contributed by atoms with van der Waals surface area (Å²) >= 11 is 18.2. The number of methoxy groups -OCH3 is 1. The van der Waals surface area contributed by atoms with Crippen molar-refractivity contribution in [2.75, 3.05) is 25.5 Å². The first-order chi connectivity index (χ1) is 14.0.